The van der Waals surface area contributed by atoms with E-state index in [1.165, 1.54) is 0 Å². The van der Waals surface area contributed by atoms with Crippen molar-refractivity contribution in [1.29, 1.82) is 0 Å². The van der Waals surface area contributed by atoms with E-state index in [-0.39, 0.29) is 5.91 Å². The maximum absolute atomic E-state index is 12.6. The molecular weight excluding hydrogens is 362 g/mol. The molecule has 0 unspecified atom stereocenters. The van der Waals surface area contributed by atoms with Gasteiger partial charge in [0.15, 0.2) is 5.65 Å². The summed E-state index contributed by atoms with van der Waals surface area (Å²) in [6.45, 7) is 1.52. The largest absolute Gasteiger partial charge is 0.343 e. The van der Waals surface area contributed by atoms with Gasteiger partial charge in [-0.2, -0.15) is 5.10 Å². The number of likely N-dealkylation sites (tertiary alicyclic amines) is 1. The van der Waals surface area contributed by atoms with Crippen LogP contribution < -0.4 is 0 Å². The second kappa shape index (κ2) is 7.64. The Labute approximate surface area is 163 Å². The van der Waals surface area contributed by atoms with Crippen molar-refractivity contribution in [3.05, 3.63) is 52.9 Å². The number of aryl methyl sites for hydroxylation is 2. The van der Waals surface area contributed by atoms with Crippen LogP contribution in [0.5, 0.6) is 0 Å². The van der Waals surface area contributed by atoms with Gasteiger partial charge in [0.05, 0.1) is 5.69 Å². The Morgan fingerprint density at radius 2 is 2.00 bits per heavy atom. The maximum Gasteiger partial charge on any atom is 0.222 e. The Kier molecular flexibility index (Phi) is 5.07. The first-order valence-electron chi connectivity index (χ1n) is 9.27. The third-order valence-electron chi connectivity index (χ3n) is 5.24. The lowest BCUT2D eigenvalue weighted by Gasteiger charge is -2.31. The smallest absolute Gasteiger partial charge is 0.222 e. The molecule has 0 N–H and O–H groups in total. The fraction of sp³-hybridized carbons (Fsp3) is 0.400. The van der Waals surface area contributed by atoms with Crippen molar-refractivity contribution in [2.24, 2.45) is 7.05 Å². The zero-order valence-electron chi connectivity index (χ0n) is 15.3. The third kappa shape index (κ3) is 3.81. The van der Waals surface area contributed by atoms with E-state index in [9.17, 15) is 4.79 Å². The predicted octanol–water partition coefficient (Wildman–Crippen LogP) is 3.36. The number of benzene rings is 1. The molecule has 0 radical (unpaired) electrons. The van der Waals surface area contributed by atoms with E-state index in [4.69, 9.17) is 11.6 Å². The summed E-state index contributed by atoms with van der Waals surface area (Å²) in [4.78, 5) is 23.4. The number of fused-ring (bicyclic) bond motifs is 1. The normalized spacial score (nSPS) is 15.4. The third-order valence-corrected chi connectivity index (χ3v) is 5.47. The van der Waals surface area contributed by atoms with E-state index in [1.54, 1.807) is 17.1 Å². The number of rotatable bonds is 4. The lowest BCUT2D eigenvalue weighted by Crippen LogP contribution is -2.38. The SMILES string of the molecule is Cn1nc(C2CCN(C(=O)CCc3cccc(Cl)c3)CC2)c2nccnc21. The molecule has 1 saturated heterocycles. The van der Waals surface area contributed by atoms with Crippen LogP contribution in [-0.2, 0) is 18.3 Å². The molecule has 2 aromatic heterocycles. The second-order valence-corrected chi connectivity index (χ2v) is 7.46. The molecule has 1 aliphatic heterocycles. The molecule has 0 aliphatic carbocycles. The number of piperidine rings is 1. The summed E-state index contributed by atoms with van der Waals surface area (Å²) in [7, 11) is 1.90. The molecule has 140 valence electrons. The first kappa shape index (κ1) is 17.9. The molecule has 6 nitrogen and oxygen atoms in total. The minimum absolute atomic E-state index is 0.207. The Bertz CT molecular complexity index is 962. The van der Waals surface area contributed by atoms with Gasteiger partial charge in [0.25, 0.3) is 0 Å². The highest BCUT2D eigenvalue weighted by atomic mass is 35.5. The minimum Gasteiger partial charge on any atom is -0.343 e. The zero-order chi connectivity index (χ0) is 18.8. The molecule has 0 spiro atoms. The second-order valence-electron chi connectivity index (χ2n) is 7.02. The van der Waals surface area contributed by atoms with Crippen molar-refractivity contribution in [2.75, 3.05) is 13.1 Å². The number of carbonyl (C=O) groups excluding carboxylic acids is 1. The van der Waals surface area contributed by atoms with Gasteiger partial charge >= 0.3 is 0 Å². The number of halogens is 1. The summed E-state index contributed by atoms with van der Waals surface area (Å²) in [5.41, 5.74) is 3.80. The van der Waals surface area contributed by atoms with Crippen LogP contribution in [0.1, 0.15) is 36.4 Å². The molecule has 7 heteroatoms. The fourth-order valence-corrected chi connectivity index (χ4v) is 4.00. The number of nitrogens with zero attached hydrogens (tertiary/aromatic N) is 5. The highest BCUT2D eigenvalue weighted by Gasteiger charge is 2.27. The van der Waals surface area contributed by atoms with Crippen LogP contribution in [0, 0.1) is 0 Å². The highest BCUT2D eigenvalue weighted by Crippen LogP contribution is 2.31. The van der Waals surface area contributed by atoms with Crippen LogP contribution in [0.2, 0.25) is 5.02 Å². The number of carbonyl (C=O) groups is 1. The first-order chi connectivity index (χ1) is 13.1. The van der Waals surface area contributed by atoms with Crippen molar-refractivity contribution in [1.82, 2.24) is 24.6 Å². The molecule has 0 bridgehead atoms. The molecular formula is C20H22ClN5O. The van der Waals surface area contributed by atoms with E-state index in [1.807, 2.05) is 36.2 Å². The number of amides is 1. The lowest BCUT2D eigenvalue weighted by atomic mass is 9.92. The fourth-order valence-electron chi connectivity index (χ4n) is 3.78. The summed E-state index contributed by atoms with van der Waals surface area (Å²) in [5.74, 6) is 0.529. The van der Waals surface area contributed by atoms with Gasteiger partial charge in [0, 0.05) is 49.9 Å². The molecule has 27 heavy (non-hydrogen) atoms. The van der Waals surface area contributed by atoms with Crippen molar-refractivity contribution in [2.45, 2.75) is 31.6 Å². The van der Waals surface area contributed by atoms with Crippen LogP contribution in [-0.4, -0.2) is 43.6 Å². The van der Waals surface area contributed by atoms with Crippen LogP contribution in [0.25, 0.3) is 11.2 Å². The van der Waals surface area contributed by atoms with Gasteiger partial charge in [-0.1, -0.05) is 23.7 Å². The zero-order valence-corrected chi connectivity index (χ0v) is 16.1. The van der Waals surface area contributed by atoms with Crippen LogP contribution in [0.4, 0.5) is 0 Å². The molecule has 3 heterocycles. The van der Waals surface area contributed by atoms with Crippen molar-refractivity contribution < 1.29 is 4.79 Å². The number of hydrogen-bond acceptors (Lipinski definition) is 4. The van der Waals surface area contributed by atoms with E-state index in [0.29, 0.717) is 17.4 Å². The Morgan fingerprint density at radius 1 is 1.22 bits per heavy atom. The van der Waals surface area contributed by atoms with Gasteiger partial charge in [-0.3, -0.25) is 4.79 Å². The van der Waals surface area contributed by atoms with Gasteiger partial charge < -0.3 is 4.90 Å². The van der Waals surface area contributed by atoms with Gasteiger partial charge in [0.1, 0.15) is 5.52 Å². The molecule has 1 fully saturated rings. The standard InChI is InChI=1S/C20H22ClN5O/c1-25-20-19(22-9-10-23-20)18(24-25)15-7-11-26(12-8-15)17(27)6-5-14-3-2-4-16(21)13-14/h2-4,9-10,13,15H,5-8,11-12H2,1H3. The highest BCUT2D eigenvalue weighted by molar-refractivity contribution is 6.30. The van der Waals surface area contributed by atoms with Gasteiger partial charge in [0.2, 0.25) is 5.91 Å². The van der Waals surface area contributed by atoms with Gasteiger partial charge in [-0.25, -0.2) is 14.6 Å². The molecule has 3 aromatic rings. The van der Waals surface area contributed by atoms with E-state index >= 15 is 0 Å². The van der Waals surface area contributed by atoms with E-state index in [0.717, 1.165) is 54.8 Å². The quantitative estimate of drug-likeness (QED) is 0.693. The molecule has 0 saturated carbocycles. The van der Waals surface area contributed by atoms with Crippen LogP contribution >= 0.6 is 11.6 Å². The summed E-state index contributed by atoms with van der Waals surface area (Å²) in [5, 5.41) is 5.36. The summed E-state index contributed by atoms with van der Waals surface area (Å²) in [6.07, 6.45) is 6.46. The number of aromatic nitrogens is 4. The van der Waals surface area contributed by atoms with Crippen molar-refractivity contribution in [3.8, 4) is 0 Å². The van der Waals surface area contributed by atoms with Crippen LogP contribution in [0.3, 0.4) is 0 Å². The Hall–Kier alpha value is -2.47. The molecule has 1 amide bonds. The summed E-state index contributed by atoms with van der Waals surface area (Å²) >= 11 is 6.01. The molecule has 1 aliphatic rings. The number of hydrogen-bond donors (Lipinski definition) is 0. The molecule has 4 rings (SSSR count). The maximum atomic E-state index is 12.6. The summed E-state index contributed by atoms with van der Waals surface area (Å²) < 4.78 is 1.79. The average molecular weight is 384 g/mol. The Balaban J connectivity index is 1.36. The van der Waals surface area contributed by atoms with Crippen molar-refractivity contribution >= 4 is 28.7 Å². The average Bonchev–Trinajstić information content (AvgIpc) is 3.03. The van der Waals surface area contributed by atoms with Gasteiger partial charge in [-0.15, -0.1) is 0 Å². The van der Waals surface area contributed by atoms with Crippen LogP contribution in [0.15, 0.2) is 36.7 Å². The van der Waals surface area contributed by atoms with E-state index < -0.39 is 0 Å². The molecule has 0 atom stereocenters. The monoisotopic (exact) mass is 383 g/mol. The minimum atomic E-state index is 0.207. The molecule has 1 aromatic carbocycles. The lowest BCUT2D eigenvalue weighted by molar-refractivity contribution is -0.132. The predicted molar refractivity (Wildman–Crippen MR) is 105 cm³/mol. The van der Waals surface area contributed by atoms with Crippen molar-refractivity contribution in [3.63, 3.8) is 0 Å². The summed E-state index contributed by atoms with van der Waals surface area (Å²) in [6, 6.07) is 7.71. The Morgan fingerprint density at radius 3 is 2.78 bits per heavy atom. The topological polar surface area (TPSA) is 63.9 Å². The van der Waals surface area contributed by atoms with Gasteiger partial charge in [-0.05, 0) is 37.0 Å². The van der Waals surface area contributed by atoms with E-state index in [2.05, 4.69) is 15.1 Å². The first-order valence-corrected chi connectivity index (χ1v) is 9.65.